The van der Waals surface area contributed by atoms with Crippen LogP contribution in [0, 0.1) is 5.41 Å². The first kappa shape index (κ1) is 23.4. The number of methoxy groups -OCH3 is 1. The van der Waals surface area contributed by atoms with Crippen LogP contribution in [0.1, 0.15) is 48.1 Å². The number of fused-ring (bicyclic) bond motifs is 5. The summed E-state index contributed by atoms with van der Waals surface area (Å²) < 4.78 is 5.55. The Labute approximate surface area is 226 Å². The summed E-state index contributed by atoms with van der Waals surface area (Å²) in [7, 11) is 1.58. The number of nitrogens with zero attached hydrogens (tertiary/aromatic N) is 1. The van der Waals surface area contributed by atoms with Crippen LogP contribution in [0.3, 0.4) is 0 Å². The summed E-state index contributed by atoms with van der Waals surface area (Å²) in [4.78, 5) is 45.8. The van der Waals surface area contributed by atoms with Gasteiger partial charge < -0.3 is 9.64 Å². The van der Waals surface area contributed by atoms with Gasteiger partial charge in [-0.05, 0) is 29.3 Å². The molecule has 0 amide bonds. The molecule has 3 aliphatic rings. The fourth-order valence-corrected chi connectivity index (χ4v) is 6.90. The van der Waals surface area contributed by atoms with E-state index in [9.17, 15) is 14.4 Å². The van der Waals surface area contributed by atoms with Crippen LogP contribution in [0.5, 0.6) is 5.75 Å². The third-order valence-electron chi connectivity index (χ3n) is 8.49. The van der Waals surface area contributed by atoms with Gasteiger partial charge in [-0.15, -0.1) is 0 Å². The number of ketones is 3. The predicted octanol–water partition coefficient (Wildman–Crippen LogP) is 6.01. The Balaban J connectivity index is 1.56. The van der Waals surface area contributed by atoms with Gasteiger partial charge in [-0.1, -0.05) is 97.1 Å². The molecule has 2 heterocycles. The summed E-state index contributed by atoms with van der Waals surface area (Å²) in [5.41, 5.74) is 2.34. The van der Waals surface area contributed by atoms with Gasteiger partial charge in [0.15, 0.2) is 17.3 Å². The Morgan fingerprint density at radius 2 is 1.46 bits per heavy atom. The number of rotatable bonds is 4. The van der Waals surface area contributed by atoms with Gasteiger partial charge in [0.05, 0.1) is 13.2 Å². The smallest absolute Gasteiger partial charge is 0.185 e. The number of hydrogen-bond acceptors (Lipinski definition) is 5. The van der Waals surface area contributed by atoms with E-state index < -0.39 is 23.4 Å². The molecule has 1 spiro atoms. The van der Waals surface area contributed by atoms with E-state index >= 15 is 0 Å². The van der Waals surface area contributed by atoms with Crippen molar-refractivity contribution >= 4 is 29.1 Å². The second kappa shape index (κ2) is 8.63. The zero-order chi connectivity index (χ0) is 26.7. The summed E-state index contributed by atoms with van der Waals surface area (Å²) in [6, 6.07) is 30.0. The molecule has 0 saturated carbocycles. The van der Waals surface area contributed by atoms with Crippen LogP contribution >= 0.6 is 0 Å². The van der Waals surface area contributed by atoms with Gasteiger partial charge in [0.1, 0.15) is 17.2 Å². The molecule has 7 rings (SSSR count). The average Bonchev–Trinajstić information content (AvgIpc) is 3.43. The molecule has 5 heteroatoms. The minimum atomic E-state index is -1.52. The van der Waals surface area contributed by atoms with Gasteiger partial charge in [0, 0.05) is 28.3 Å². The van der Waals surface area contributed by atoms with Gasteiger partial charge in [-0.3, -0.25) is 14.4 Å². The molecule has 4 aromatic carbocycles. The van der Waals surface area contributed by atoms with Crippen molar-refractivity contribution in [3.05, 3.63) is 137 Å². The SMILES string of the molecule is COc1cccc([C@@H]2[C@H](C(=O)c3ccccc3)N3c4ccccc4C=C[C@H]3C23C(=O)c2ccccc2C3=O)c1. The summed E-state index contributed by atoms with van der Waals surface area (Å²) >= 11 is 0. The molecule has 1 aliphatic carbocycles. The van der Waals surface area contributed by atoms with E-state index in [1.807, 2.05) is 83.8 Å². The molecule has 0 bridgehead atoms. The normalized spacial score (nSPS) is 22.0. The van der Waals surface area contributed by atoms with E-state index in [0.717, 1.165) is 16.8 Å². The van der Waals surface area contributed by atoms with E-state index in [1.165, 1.54) is 0 Å². The molecule has 0 unspecified atom stereocenters. The van der Waals surface area contributed by atoms with Crippen LogP contribution in [-0.4, -0.2) is 36.5 Å². The lowest BCUT2D eigenvalue weighted by atomic mass is 9.64. The summed E-state index contributed by atoms with van der Waals surface area (Å²) in [6.07, 6.45) is 3.91. The third-order valence-corrected chi connectivity index (χ3v) is 8.49. The molecule has 2 aliphatic heterocycles. The number of para-hydroxylation sites is 1. The van der Waals surface area contributed by atoms with Crippen molar-refractivity contribution in [2.45, 2.75) is 18.0 Å². The number of anilines is 1. The molecule has 190 valence electrons. The highest BCUT2D eigenvalue weighted by Gasteiger charge is 2.71. The molecule has 39 heavy (non-hydrogen) atoms. The number of benzene rings is 4. The Morgan fingerprint density at radius 1 is 0.795 bits per heavy atom. The van der Waals surface area contributed by atoms with Crippen LogP contribution in [0.4, 0.5) is 5.69 Å². The second-order valence-corrected chi connectivity index (χ2v) is 10.3. The molecule has 0 aromatic heterocycles. The Kier molecular flexibility index (Phi) is 5.17. The second-order valence-electron chi connectivity index (χ2n) is 10.3. The molecule has 0 radical (unpaired) electrons. The van der Waals surface area contributed by atoms with Gasteiger partial charge in [-0.2, -0.15) is 0 Å². The number of carbonyl (C=O) groups excluding carboxylic acids is 3. The zero-order valence-electron chi connectivity index (χ0n) is 21.3. The average molecular weight is 512 g/mol. The number of carbonyl (C=O) groups is 3. The lowest BCUT2D eigenvalue weighted by molar-refractivity contribution is 0.0665. The topological polar surface area (TPSA) is 63.7 Å². The lowest BCUT2D eigenvalue weighted by Gasteiger charge is -2.37. The Hall–Kier alpha value is -4.77. The van der Waals surface area contributed by atoms with Crippen molar-refractivity contribution in [3.63, 3.8) is 0 Å². The van der Waals surface area contributed by atoms with E-state index in [0.29, 0.717) is 22.4 Å². The molecule has 5 nitrogen and oxygen atoms in total. The molecule has 3 atom stereocenters. The highest BCUT2D eigenvalue weighted by Crippen LogP contribution is 2.61. The maximum atomic E-state index is 14.6. The summed E-state index contributed by atoms with van der Waals surface area (Å²) in [6.45, 7) is 0. The van der Waals surface area contributed by atoms with E-state index in [1.54, 1.807) is 43.5 Å². The van der Waals surface area contributed by atoms with Crippen LogP contribution in [0.25, 0.3) is 6.08 Å². The largest absolute Gasteiger partial charge is 0.497 e. The molecular formula is C34H25NO4. The molecule has 0 N–H and O–H groups in total. The number of hydrogen-bond donors (Lipinski definition) is 0. The third kappa shape index (κ3) is 3.10. The minimum Gasteiger partial charge on any atom is -0.497 e. The van der Waals surface area contributed by atoms with Gasteiger partial charge >= 0.3 is 0 Å². The first-order valence-corrected chi connectivity index (χ1v) is 13.0. The Bertz CT molecular complexity index is 1650. The van der Waals surface area contributed by atoms with Crippen LogP contribution < -0.4 is 9.64 Å². The zero-order valence-corrected chi connectivity index (χ0v) is 21.3. The fraction of sp³-hybridized carbons (Fsp3) is 0.147. The van der Waals surface area contributed by atoms with Gasteiger partial charge in [0.25, 0.3) is 0 Å². The van der Waals surface area contributed by atoms with Crippen molar-refractivity contribution in [2.75, 3.05) is 12.0 Å². The lowest BCUT2D eigenvalue weighted by Crippen LogP contribution is -2.48. The molecule has 1 saturated heterocycles. The van der Waals surface area contributed by atoms with E-state index in [2.05, 4.69) is 0 Å². The maximum absolute atomic E-state index is 14.6. The quantitative estimate of drug-likeness (QED) is 0.248. The highest BCUT2D eigenvalue weighted by atomic mass is 16.5. The Morgan fingerprint density at radius 3 is 2.18 bits per heavy atom. The van der Waals surface area contributed by atoms with Gasteiger partial charge in [-0.25, -0.2) is 0 Å². The molecular weight excluding hydrogens is 486 g/mol. The number of Topliss-reactive ketones (excluding diaryl/α,β-unsaturated/α-hetero) is 3. The van der Waals surface area contributed by atoms with Crippen LogP contribution in [-0.2, 0) is 0 Å². The predicted molar refractivity (Wildman–Crippen MR) is 150 cm³/mol. The minimum absolute atomic E-state index is 0.132. The highest BCUT2D eigenvalue weighted by molar-refractivity contribution is 6.32. The van der Waals surface area contributed by atoms with Crippen molar-refractivity contribution < 1.29 is 19.1 Å². The molecule has 4 aromatic rings. The van der Waals surface area contributed by atoms with Gasteiger partial charge in [0.2, 0.25) is 0 Å². The summed E-state index contributed by atoms with van der Waals surface area (Å²) in [5.74, 6) is -0.762. The van der Waals surface area contributed by atoms with Crippen molar-refractivity contribution in [2.24, 2.45) is 5.41 Å². The molecule has 1 fully saturated rings. The first-order valence-electron chi connectivity index (χ1n) is 13.0. The van der Waals surface area contributed by atoms with E-state index in [-0.39, 0.29) is 17.3 Å². The number of ether oxygens (including phenoxy) is 1. The van der Waals surface area contributed by atoms with Crippen molar-refractivity contribution in [3.8, 4) is 5.75 Å². The fourth-order valence-electron chi connectivity index (χ4n) is 6.90. The monoisotopic (exact) mass is 511 g/mol. The van der Waals surface area contributed by atoms with E-state index in [4.69, 9.17) is 4.74 Å². The van der Waals surface area contributed by atoms with Crippen LogP contribution in [0.2, 0.25) is 0 Å². The van der Waals surface area contributed by atoms with Crippen LogP contribution in [0.15, 0.2) is 109 Å². The van der Waals surface area contributed by atoms with Crippen molar-refractivity contribution in [1.29, 1.82) is 0 Å². The first-order chi connectivity index (χ1) is 19.1. The summed E-state index contributed by atoms with van der Waals surface area (Å²) in [5, 5.41) is 0. The maximum Gasteiger partial charge on any atom is 0.185 e. The van der Waals surface area contributed by atoms with Crippen molar-refractivity contribution in [1.82, 2.24) is 0 Å². The standard InChI is InChI=1S/C34H25NO4/c1-39-24-14-9-13-23(20-24)29-30(31(36)22-11-3-2-4-12-22)35-27-17-8-5-10-21(27)18-19-28(35)34(29)32(37)25-15-6-7-16-26(25)33(34)38/h2-20,28-30H,1H3/t28-,29+,30+/m0/s1.